The first-order chi connectivity index (χ1) is 18.0. The minimum Gasteiger partial charge on any atom is -1.00 e. The standard InChI is InChI=1S/C32H35IN2O2.ClH/c1-3-35(18-5-4-6-31(35)33)22-24-9-14-29(15-10-24)34-32(36)27-17-19-37-30-16-13-26(20-28(30)21-27)25-11-7-23(2)8-12-25;/h7-16,20-21,31H,3-6,17-19,22H2,1-2H3;1H. The van der Waals surface area contributed by atoms with Gasteiger partial charge in [0.05, 0.1) is 19.7 Å². The molecule has 0 aromatic heterocycles. The quantitative estimate of drug-likeness (QED) is 0.183. The van der Waals surface area contributed by atoms with Gasteiger partial charge in [0, 0.05) is 35.2 Å². The van der Waals surface area contributed by atoms with E-state index in [2.05, 4.69) is 90.3 Å². The fourth-order valence-corrected chi connectivity index (χ4v) is 6.81. The summed E-state index contributed by atoms with van der Waals surface area (Å²) in [5, 5.41) is 3.12. The Labute approximate surface area is 246 Å². The Morgan fingerprint density at radius 1 is 1.03 bits per heavy atom. The fraction of sp³-hybridized carbons (Fsp3) is 0.344. The van der Waals surface area contributed by atoms with Crippen molar-refractivity contribution in [1.29, 1.82) is 0 Å². The van der Waals surface area contributed by atoms with Crippen molar-refractivity contribution < 1.29 is 26.4 Å². The molecule has 0 radical (unpaired) electrons. The van der Waals surface area contributed by atoms with E-state index in [0.717, 1.165) is 51.3 Å². The molecule has 38 heavy (non-hydrogen) atoms. The van der Waals surface area contributed by atoms with E-state index in [1.165, 1.54) is 36.9 Å². The molecule has 3 aromatic carbocycles. The Bertz CT molecular complexity index is 1290. The summed E-state index contributed by atoms with van der Waals surface area (Å²) in [4.78, 5) is 13.2. The summed E-state index contributed by atoms with van der Waals surface area (Å²) in [6.45, 7) is 8.37. The molecule has 1 fully saturated rings. The second kappa shape index (κ2) is 12.7. The van der Waals surface area contributed by atoms with Gasteiger partial charge in [0.25, 0.3) is 5.91 Å². The Morgan fingerprint density at radius 3 is 2.47 bits per heavy atom. The van der Waals surface area contributed by atoms with Gasteiger partial charge >= 0.3 is 0 Å². The van der Waals surface area contributed by atoms with E-state index in [1.54, 1.807) is 0 Å². The predicted molar refractivity (Wildman–Crippen MR) is 161 cm³/mol. The smallest absolute Gasteiger partial charge is 0.251 e. The normalized spacial score (nSPS) is 20.7. The minimum absolute atomic E-state index is 0. The largest absolute Gasteiger partial charge is 1.00 e. The summed E-state index contributed by atoms with van der Waals surface area (Å²) >= 11 is 2.65. The van der Waals surface area contributed by atoms with Crippen molar-refractivity contribution in [2.45, 2.75) is 50.1 Å². The molecule has 2 unspecified atom stereocenters. The lowest BCUT2D eigenvalue weighted by Crippen LogP contribution is -3.00. The number of quaternary nitrogens is 1. The van der Waals surface area contributed by atoms with Crippen molar-refractivity contribution in [1.82, 2.24) is 0 Å². The Balaban J connectivity index is 0.00000336. The Kier molecular flexibility index (Phi) is 9.55. The number of carbonyl (C=O) groups is 1. The van der Waals surface area contributed by atoms with Crippen LogP contribution in [-0.4, -0.2) is 34.1 Å². The van der Waals surface area contributed by atoms with E-state index in [9.17, 15) is 4.79 Å². The van der Waals surface area contributed by atoms with Crippen LogP contribution in [0.25, 0.3) is 17.2 Å². The van der Waals surface area contributed by atoms with Crippen molar-refractivity contribution in [3.05, 3.63) is 89.0 Å². The van der Waals surface area contributed by atoms with Gasteiger partial charge in [-0.25, -0.2) is 0 Å². The van der Waals surface area contributed by atoms with E-state index in [-0.39, 0.29) is 18.3 Å². The van der Waals surface area contributed by atoms with Crippen molar-refractivity contribution in [3.63, 3.8) is 0 Å². The summed E-state index contributed by atoms with van der Waals surface area (Å²) in [6.07, 6.45) is 6.52. The van der Waals surface area contributed by atoms with Gasteiger partial charge in [-0.1, -0.05) is 48.0 Å². The third kappa shape index (κ3) is 6.44. The fourth-order valence-electron chi connectivity index (χ4n) is 5.50. The van der Waals surface area contributed by atoms with Gasteiger partial charge in [0.1, 0.15) is 16.3 Å². The molecule has 5 rings (SSSR count). The van der Waals surface area contributed by atoms with Crippen LogP contribution in [0.4, 0.5) is 5.69 Å². The second-order valence-electron chi connectivity index (χ2n) is 10.4. The topological polar surface area (TPSA) is 38.3 Å². The first kappa shape index (κ1) is 28.7. The van der Waals surface area contributed by atoms with Gasteiger partial charge in [0.2, 0.25) is 0 Å². The molecular formula is C32H36ClIN2O2. The number of anilines is 1. The number of hydrogen-bond acceptors (Lipinski definition) is 2. The van der Waals surface area contributed by atoms with Gasteiger partial charge in [0.15, 0.2) is 0 Å². The molecule has 1 N–H and O–H groups in total. The molecular weight excluding hydrogens is 607 g/mol. The lowest BCUT2D eigenvalue weighted by atomic mass is 10.00. The molecule has 0 spiro atoms. The number of likely N-dealkylation sites (tertiary alicyclic amines) is 1. The van der Waals surface area contributed by atoms with Crippen LogP contribution >= 0.6 is 22.6 Å². The molecule has 4 nitrogen and oxygen atoms in total. The highest BCUT2D eigenvalue weighted by Gasteiger charge is 2.36. The number of ether oxygens (including phenoxy) is 1. The third-order valence-electron chi connectivity index (χ3n) is 7.87. The maximum absolute atomic E-state index is 13.2. The molecule has 6 heteroatoms. The summed E-state index contributed by atoms with van der Waals surface area (Å²) in [5.41, 5.74) is 7.36. The SMILES string of the molecule is CC[N+]1(Cc2ccc(NC(=O)C3=Cc4cc(-c5ccc(C)cc5)ccc4OCC3)cc2)CCCCC1I.[Cl-]. The number of nitrogens with zero attached hydrogens (tertiary/aromatic N) is 1. The van der Waals surface area contributed by atoms with Crippen molar-refractivity contribution >= 4 is 40.3 Å². The lowest BCUT2D eigenvalue weighted by Gasteiger charge is -2.45. The molecule has 200 valence electrons. The number of aryl methyl sites for hydroxylation is 1. The molecule has 2 aliphatic heterocycles. The van der Waals surface area contributed by atoms with Crippen LogP contribution in [0.2, 0.25) is 0 Å². The molecule has 0 aliphatic carbocycles. The highest BCUT2D eigenvalue weighted by molar-refractivity contribution is 14.1. The maximum Gasteiger partial charge on any atom is 0.251 e. The van der Waals surface area contributed by atoms with Crippen LogP contribution in [-0.2, 0) is 11.3 Å². The third-order valence-corrected chi connectivity index (χ3v) is 9.68. The highest BCUT2D eigenvalue weighted by atomic mass is 127. The molecule has 3 aromatic rings. The number of rotatable bonds is 6. The molecule has 2 heterocycles. The van der Waals surface area contributed by atoms with Gasteiger partial charge in [-0.3, -0.25) is 4.79 Å². The summed E-state index contributed by atoms with van der Waals surface area (Å²) < 4.78 is 7.80. The zero-order chi connectivity index (χ0) is 25.8. The van der Waals surface area contributed by atoms with E-state index in [1.807, 2.05) is 24.3 Å². The van der Waals surface area contributed by atoms with Crippen molar-refractivity contribution in [3.8, 4) is 16.9 Å². The monoisotopic (exact) mass is 642 g/mol. The molecule has 0 saturated carbocycles. The molecule has 2 aliphatic rings. The van der Waals surface area contributed by atoms with Crippen LogP contribution in [0.1, 0.15) is 49.3 Å². The van der Waals surface area contributed by atoms with E-state index in [4.69, 9.17) is 4.74 Å². The minimum atomic E-state index is -0.0645. The molecule has 1 saturated heterocycles. The van der Waals surface area contributed by atoms with Gasteiger partial charge in [-0.05, 0) is 90.7 Å². The summed E-state index contributed by atoms with van der Waals surface area (Å²) in [7, 11) is 0. The lowest BCUT2D eigenvalue weighted by molar-refractivity contribution is -0.949. The van der Waals surface area contributed by atoms with Gasteiger partial charge < -0.3 is 26.9 Å². The summed E-state index contributed by atoms with van der Waals surface area (Å²) in [6, 6.07) is 23.1. The van der Waals surface area contributed by atoms with Crippen molar-refractivity contribution in [2.75, 3.05) is 25.0 Å². The number of fused-ring (bicyclic) bond motifs is 1. The number of hydrogen-bond donors (Lipinski definition) is 1. The second-order valence-corrected chi connectivity index (χ2v) is 11.8. The number of nitrogens with one attached hydrogen (secondary N) is 1. The molecule has 0 bridgehead atoms. The average molecular weight is 643 g/mol. The van der Waals surface area contributed by atoms with Crippen LogP contribution in [0, 0.1) is 6.92 Å². The zero-order valence-corrected chi connectivity index (χ0v) is 25.1. The molecule has 2 atom stereocenters. The first-order valence-corrected chi connectivity index (χ1v) is 14.6. The number of alkyl halides is 1. The van der Waals surface area contributed by atoms with Gasteiger partial charge in [-0.2, -0.15) is 0 Å². The number of carbonyl (C=O) groups excluding carboxylic acids is 1. The maximum atomic E-state index is 13.2. The number of amides is 1. The Hall–Kier alpha value is -2.35. The Morgan fingerprint density at radius 2 is 1.76 bits per heavy atom. The average Bonchev–Trinajstić information content (AvgIpc) is 3.14. The number of piperidine rings is 1. The summed E-state index contributed by atoms with van der Waals surface area (Å²) in [5.74, 6) is 0.757. The highest BCUT2D eigenvalue weighted by Crippen LogP contribution is 2.33. The van der Waals surface area contributed by atoms with Crippen LogP contribution in [0.15, 0.2) is 72.3 Å². The number of benzene rings is 3. The van der Waals surface area contributed by atoms with E-state index < -0.39 is 0 Å². The zero-order valence-electron chi connectivity index (χ0n) is 22.2. The van der Waals surface area contributed by atoms with E-state index in [0.29, 0.717) is 17.1 Å². The van der Waals surface area contributed by atoms with Crippen LogP contribution < -0.4 is 22.5 Å². The van der Waals surface area contributed by atoms with Crippen LogP contribution in [0.5, 0.6) is 5.75 Å². The van der Waals surface area contributed by atoms with Crippen molar-refractivity contribution in [2.24, 2.45) is 0 Å². The molecule has 1 amide bonds. The predicted octanol–water partition coefficient (Wildman–Crippen LogP) is 4.75. The van der Waals surface area contributed by atoms with E-state index >= 15 is 0 Å². The van der Waals surface area contributed by atoms with Gasteiger partial charge in [-0.15, -0.1) is 0 Å². The van der Waals surface area contributed by atoms with Crippen LogP contribution in [0.3, 0.4) is 0 Å². The number of halogens is 2. The first-order valence-electron chi connectivity index (χ1n) is 13.4.